The lowest BCUT2D eigenvalue weighted by Crippen LogP contribution is -2.43. The van der Waals surface area contributed by atoms with Gasteiger partial charge in [0, 0.05) is 24.2 Å². The topological polar surface area (TPSA) is 32.3 Å². The normalized spacial score (nSPS) is 29.5. The number of carbonyl (C=O) groups is 1. The van der Waals surface area contributed by atoms with Gasteiger partial charge in [-0.3, -0.25) is 0 Å². The van der Waals surface area contributed by atoms with E-state index in [1.165, 1.54) is 6.42 Å². The van der Waals surface area contributed by atoms with Crippen molar-refractivity contribution in [3.63, 3.8) is 0 Å². The average Bonchev–Trinajstić information content (AvgIpc) is 2.65. The largest absolute Gasteiger partial charge is 0.334 e. The highest BCUT2D eigenvalue weighted by atomic mass is 35.5. The number of fused-ring (bicyclic) bond motifs is 2. The Morgan fingerprint density at radius 1 is 1.36 bits per heavy atom. The zero-order chi connectivity index (χ0) is 16.0. The van der Waals surface area contributed by atoms with Crippen LogP contribution in [0.15, 0.2) is 24.3 Å². The Balaban J connectivity index is 1.64. The van der Waals surface area contributed by atoms with Crippen LogP contribution in [0.4, 0.5) is 4.79 Å². The van der Waals surface area contributed by atoms with Gasteiger partial charge < -0.3 is 10.2 Å². The fourth-order valence-electron chi connectivity index (χ4n) is 4.62. The van der Waals surface area contributed by atoms with Crippen LogP contribution in [-0.4, -0.2) is 23.5 Å². The first-order valence-electron chi connectivity index (χ1n) is 8.05. The summed E-state index contributed by atoms with van der Waals surface area (Å²) in [5.74, 6) is 0. The Labute approximate surface area is 138 Å². The van der Waals surface area contributed by atoms with E-state index < -0.39 is 0 Å². The van der Waals surface area contributed by atoms with Crippen LogP contribution >= 0.6 is 11.6 Å². The molecule has 1 aromatic carbocycles. The van der Waals surface area contributed by atoms with Crippen molar-refractivity contribution in [2.45, 2.75) is 52.6 Å². The van der Waals surface area contributed by atoms with Gasteiger partial charge in [0.1, 0.15) is 0 Å². The van der Waals surface area contributed by atoms with E-state index in [4.69, 9.17) is 11.6 Å². The molecule has 2 bridgehead atoms. The van der Waals surface area contributed by atoms with Crippen LogP contribution in [0.25, 0.3) is 0 Å². The summed E-state index contributed by atoms with van der Waals surface area (Å²) in [6.07, 6.45) is 3.45. The lowest BCUT2D eigenvalue weighted by Gasteiger charge is -2.39. The number of nitrogens with zero attached hydrogens (tertiary/aromatic N) is 1. The van der Waals surface area contributed by atoms with Gasteiger partial charge in [-0.05, 0) is 47.8 Å². The Morgan fingerprint density at radius 3 is 2.86 bits per heavy atom. The summed E-state index contributed by atoms with van der Waals surface area (Å²) in [6.45, 7) is 8.38. The van der Waals surface area contributed by atoms with Crippen molar-refractivity contribution in [3.05, 3.63) is 34.9 Å². The maximum Gasteiger partial charge on any atom is 0.317 e. The predicted molar refractivity (Wildman–Crippen MR) is 89.9 cm³/mol. The molecule has 3 rings (SSSR count). The Kier molecular flexibility index (Phi) is 3.88. The second-order valence-corrected chi connectivity index (χ2v) is 8.57. The van der Waals surface area contributed by atoms with Gasteiger partial charge in [-0.1, -0.05) is 44.5 Å². The van der Waals surface area contributed by atoms with Gasteiger partial charge in [0.15, 0.2) is 0 Å². The van der Waals surface area contributed by atoms with Gasteiger partial charge in [0.2, 0.25) is 0 Å². The summed E-state index contributed by atoms with van der Waals surface area (Å²) < 4.78 is 0. The molecule has 1 N–H and O–H groups in total. The molecule has 120 valence electrons. The van der Waals surface area contributed by atoms with Gasteiger partial charge in [-0.2, -0.15) is 0 Å². The fourth-order valence-corrected chi connectivity index (χ4v) is 4.84. The molecular weight excluding hydrogens is 296 g/mol. The zero-order valence-electron chi connectivity index (χ0n) is 13.7. The second-order valence-electron chi connectivity index (χ2n) is 8.13. The molecular formula is C18H25ClN2O. The van der Waals surface area contributed by atoms with E-state index in [-0.39, 0.29) is 11.4 Å². The van der Waals surface area contributed by atoms with Gasteiger partial charge in [-0.15, -0.1) is 0 Å². The average molecular weight is 321 g/mol. The van der Waals surface area contributed by atoms with Crippen LogP contribution in [-0.2, 0) is 6.54 Å². The molecule has 3 nitrogen and oxygen atoms in total. The Hall–Kier alpha value is -1.22. The highest BCUT2D eigenvalue weighted by molar-refractivity contribution is 6.30. The van der Waals surface area contributed by atoms with Gasteiger partial charge in [0.05, 0.1) is 0 Å². The van der Waals surface area contributed by atoms with Crippen LogP contribution in [0.1, 0.15) is 45.6 Å². The summed E-state index contributed by atoms with van der Waals surface area (Å²) >= 11 is 5.99. The molecule has 2 atom stereocenters. The minimum Gasteiger partial charge on any atom is -0.334 e. The fraction of sp³-hybridized carbons (Fsp3) is 0.611. The summed E-state index contributed by atoms with van der Waals surface area (Å²) in [4.78, 5) is 14.6. The standard InChI is InChI=1S/C18H25ClN2O/c1-17(2)8-15-9-18(3,11-17)12-21(15)16(22)20-10-13-5-4-6-14(19)7-13/h4-7,15H,8-12H2,1-3H3,(H,20,22). The first-order valence-corrected chi connectivity index (χ1v) is 8.43. The lowest BCUT2D eigenvalue weighted by molar-refractivity contribution is 0.129. The first-order chi connectivity index (χ1) is 10.3. The maximum absolute atomic E-state index is 12.6. The van der Waals surface area contributed by atoms with E-state index in [1.807, 2.05) is 24.3 Å². The van der Waals surface area contributed by atoms with Crippen molar-refractivity contribution >= 4 is 17.6 Å². The number of amides is 2. The number of urea groups is 1. The molecule has 2 fully saturated rings. The van der Waals surface area contributed by atoms with Crippen LogP contribution < -0.4 is 5.32 Å². The quantitative estimate of drug-likeness (QED) is 0.857. The second kappa shape index (κ2) is 5.45. The van der Waals surface area contributed by atoms with Crippen molar-refractivity contribution in [3.8, 4) is 0 Å². The van der Waals surface area contributed by atoms with E-state index in [0.717, 1.165) is 24.9 Å². The molecule has 1 saturated heterocycles. The van der Waals surface area contributed by atoms with Gasteiger partial charge in [-0.25, -0.2) is 4.79 Å². The third-order valence-corrected chi connectivity index (χ3v) is 5.24. The molecule has 2 aliphatic rings. The molecule has 1 aliphatic heterocycles. The van der Waals surface area contributed by atoms with Crippen molar-refractivity contribution in [2.75, 3.05) is 6.54 Å². The smallest absolute Gasteiger partial charge is 0.317 e. The third-order valence-electron chi connectivity index (χ3n) is 5.01. The molecule has 0 radical (unpaired) electrons. The number of halogens is 1. The number of hydrogen-bond donors (Lipinski definition) is 1. The summed E-state index contributed by atoms with van der Waals surface area (Å²) in [7, 11) is 0. The summed E-state index contributed by atoms with van der Waals surface area (Å²) in [5, 5.41) is 3.76. The molecule has 4 heteroatoms. The monoisotopic (exact) mass is 320 g/mol. The number of carbonyl (C=O) groups excluding carboxylic acids is 1. The molecule has 1 aromatic rings. The number of nitrogens with one attached hydrogen (secondary N) is 1. The predicted octanol–water partition coefficient (Wildman–Crippen LogP) is 4.45. The molecule has 2 unspecified atom stereocenters. The van der Waals surface area contributed by atoms with Crippen LogP contribution in [0.3, 0.4) is 0 Å². The number of rotatable bonds is 2. The molecule has 1 saturated carbocycles. The molecule has 0 aromatic heterocycles. The molecule has 1 heterocycles. The van der Waals surface area contributed by atoms with Crippen LogP contribution in [0.2, 0.25) is 5.02 Å². The van der Waals surface area contributed by atoms with Crippen molar-refractivity contribution in [2.24, 2.45) is 10.8 Å². The van der Waals surface area contributed by atoms with E-state index in [1.54, 1.807) is 0 Å². The number of likely N-dealkylation sites (tertiary alicyclic amines) is 1. The van der Waals surface area contributed by atoms with E-state index in [2.05, 4.69) is 31.0 Å². The van der Waals surface area contributed by atoms with E-state index in [9.17, 15) is 4.79 Å². The Bertz CT molecular complexity index is 586. The number of benzene rings is 1. The summed E-state index contributed by atoms with van der Waals surface area (Å²) in [6, 6.07) is 8.09. The molecule has 1 aliphatic carbocycles. The van der Waals surface area contributed by atoms with Crippen molar-refractivity contribution in [1.82, 2.24) is 10.2 Å². The molecule has 22 heavy (non-hydrogen) atoms. The van der Waals surface area contributed by atoms with Crippen molar-refractivity contribution in [1.29, 1.82) is 0 Å². The van der Waals surface area contributed by atoms with Gasteiger partial charge in [0.25, 0.3) is 0 Å². The van der Waals surface area contributed by atoms with Crippen molar-refractivity contribution < 1.29 is 4.79 Å². The minimum atomic E-state index is 0.0615. The molecule has 0 spiro atoms. The summed E-state index contributed by atoms with van der Waals surface area (Å²) in [5.41, 5.74) is 1.65. The number of hydrogen-bond acceptors (Lipinski definition) is 1. The van der Waals surface area contributed by atoms with E-state index in [0.29, 0.717) is 23.0 Å². The van der Waals surface area contributed by atoms with Crippen LogP contribution in [0, 0.1) is 10.8 Å². The SMILES string of the molecule is CC1(C)CC2CC(C)(CN2C(=O)NCc2cccc(Cl)c2)C1. The maximum atomic E-state index is 12.6. The molecule has 2 amide bonds. The zero-order valence-corrected chi connectivity index (χ0v) is 14.4. The lowest BCUT2D eigenvalue weighted by atomic mass is 9.65. The van der Waals surface area contributed by atoms with Gasteiger partial charge >= 0.3 is 6.03 Å². The highest BCUT2D eigenvalue weighted by Crippen LogP contribution is 2.52. The Morgan fingerprint density at radius 2 is 2.14 bits per heavy atom. The van der Waals surface area contributed by atoms with E-state index >= 15 is 0 Å². The third kappa shape index (κ3) is 3.24. The first kappa shape index (κ1) is 15.7. The minimum absolute atomic E-state index is 0.0615. The highest BCUT2D eigenvalue weighted by Gasteiger charge is 2.50. The van der Waals surface area contributed by atoms with Crippen LogP contribution in [0.5, 0.6) is 0 Å².